The summed E-state index contributed by atoms with van der Waals surface area (Å²) in [5.41, 5.74) is 2.19. The van der Waals surface area contributed by atoms with Gasteiger partial charge in [0.25, 0.3) is 0 Å². The lowest BCUT2D eigenvalue weighted by atomic mass is 9.79. The number of carbonyl (C=O) groups is 1. The number of likely N-dealkylation sites (tertiary alicyclic amines) is 1. The second-order valence-corrected chi connectivity index (χ2v) is 7.09. The molecule has 2 aliphatic heterocycles. The van der Waals surface area contributed by atoms with Crippen LogP contribution in [0.3, 0.4) is 0 Å². The zero-order valence-corrected chi connectivity index (χ0v) is 14.4. The van der Waals surface area contributed by atoms with Crippen LogP contribution in [-0.4, -0.2) is 47.1 Å². The molecule has 1 aromatic heterocycles. The van der Waals surface area contributed by atoms with Gasteiger partial charge in [0.05, 0.1) is 12.3 Å². The lowest BCUT2D eigenvalue weighted by molar-refractivity contribution is -0.137. The SMILES string of the molecule is O=C1CC[C@]2(CCOC2)CN1CCc1nccc(-c2ccccc2)n1. The summed E-state index contributed by atoms with van der Waals surface area (Å²) in [6, 6.07) is 12.0. The average Bonchev–Trinajstić information content (AvgIpc) is 3.12. The maximum Gasteiger partial charge on any atom is 0.222 e. The van der Waals surface area contributed by atoms with Gasteiger partial charge in [0.1, 0.15) is 5.82 Å². The van der Waals surface area contributed by atoms with Gasteiger partial charge < -0.3 is 9.64 Å². The molecule has 1 atom stereocenters. The first-order valence-corrected chi connectivity index (χ1v) is 8.97. The van der Waals surface area contributed by atoms with E-state index >= 15 is 0 Å². The molecule has 2 aliphatic rings. The Morgan fingerprint density at radius 1 is 1.16 bits per heavy atom. The standard InChI is InChI=1S/C20H23N3O2/c24-19-6-9-20(10-13-25-15-20)14-23(19)12-8-18-21-11-7-17(22-18)16-4-2-1-3-5-16/h1-5,7,11H,6,8-10,12-15H2/t20-/m0/s1. The molecule has 0 bridgehead atoms. The van der Waals surface area contributed by atoms with Crippen molar-refractivity contribution in [1.29, 1.82) is 0 Å². The van der Waals surface area contributed by atoms with Crippen molar-refractivity contribution in [2.75, 3.05) is 26.3 Å². The molecule has 3 heterocycles. The van der Waals surface area contributed by atoms with Gasteiger partial charge in [0, 0.05) is 49.7 Å². The third-order valence-corrected chi connectivity index (χ3v) is 5.31. The minimum atomic E-state index is 0.181. The van der Waals surface area contributed by atoms with Gasteiger partial charge in [-0.05, 0) is 18.9 Å². The van der Waals surface area contributed by atoms with E-state index in [0.29, 0.717) is 19.4 Å². The average molecular weight is 337 g/mol. The van der Waals surface area contributed by atoms with Gasteiger partial charge in [-0.3, -0.25) is 4.79 Å². The van der Waals surface area contributed by atoms with Gasteiger partial charge in [-0.25, -0.2) is 9.97 Å². The largest absolute Gasteiger partial charge is 0.381 e. The molecule has 0 saturated carbocycles. The second kappa shape index (κ2) is 6.92. The molecular formula is C20H23N3O2. The first-order valence-electron chi connectivity index (χ1n) is 8.97. The maximum atomic E-state index is 12.3. The molecule has 0 radical (unpaired) electrons. The van der Waals surface area contributed by atoms with Crippen LogP contribution in [0, 0.1) is 5.41 Å². The van der Waals surface area contributed by atoms with Gasteiger partial charge in [-0.15, -0.1) is 0 Å². The van der Waals surface area contributed by atoms with Crippen LogP contribution in [0.25, 0.3) is 11.3 Å². The highest BCUT2D eigenvalue weighted by atomic mass is 16.5. The molecule has 5 heteroatoms. The summed E-state index contributed by atoms with van der Waals surface area (Å²) in [5.74, 6) is 1.04. The molecule has 1 aromatic carbocycles. The fourth-order valence-corrected chi connectivity index (χ4v) is 3.80. The molecule has 2 fully saturated rings. The number of ether oxygens (including phenoxy) is 1. The summed E-state index contributed by atoms with van der Waals surface area (Å²) < 4.78 is 5.59. The third kappa shape index (κ3) is 3.56. The minimum Gasteiger partial charge on any atom is -0.381 e. The van der Waals surface area contributed by atoms with Gasteiger partial charge >= 0.3 is 0 Å². The summed E-state index contributed by atoms with van der Waals surface area (Å²) in [6.45, 7) is 3.10. The predicted molar refractivity (Wildman–Crippen MR) is 94.9 cm³/mol. The van der Waals surface area contributed by atoms with Crippen LogP contribution >= 0.6 is 0 Å². The molecule has 5 nitrogen and oxygen atoms in total. The van der Waals surface area contributed by atoms with Gasteiger partial charge in [-0.2, -0.15) is 0 Å². The van der Waals surface area contributed by atoms with Crippen LogP contribution in [0.2, 0.25) is 0 Å². The van der Waals surface area contributed by atoms with E-state index in [4.69, 9.17) is 4.74 Å². The van der Waals surface area contributed by atoms with E-state index in [9.17, 15) is 4.79 Å². The molecule has 0 aliphatic carbocycles. The Hall–Kier alpha value is -2.27. The number of carbonyl (C=O) groups excluding carboxylic acids is 1. The van der Waals surface area contributed by atoms with E-state index in [0.717, 1.165) is 49.7 Å². The quantitative estimate of drug-likeness (QED) is 0.861. The number of aromatic nitrogens is 2. The van der Waals surface area contributed by atoms with Crippen LogP contribution in [0.5, 0.6) is 0 Å². The van der Waals surface area contributed by atoms with Gasteiger partial charge in [0.2, 0.25) is 5.91 Å². The van der Waals surface area contributed by atoms with Crippen molar-refractivity contribution in [3.8, 4) is 11.3 Å². The van der Waals surface area contributed by atoms with Gasteiger partial charge in [-0.1, -0.05) is 30.3 Å². The van der Waals surface area contributed by atoms with Crippen LogP contribution < -0.4 is 0 Å². The summed E-state index contributed by atoms with van der Waals surface area (Å²) in [5, 5.41) is 0. The first-order chi connectivity index (χ1) is 12.2. The number of hydrogen-bond donors (Lipinski definition) is 0. The normalized spacial score (nSPS) is 23.4. The number of benzene rings is 1. The van der Waals surface area contributed by atoms with Crippen LogP contribution in [0.15, 0.2) is 42.6 Å². The van der Waals surface area contributed by atoms with E-state index in [1.807, 2.05) is 41.3 Å². The lowest BCUT2D eigenvalue weighted by Gasteiger charge is -2.39. The van der Waals surface area contributed by atoms with Crippen molar-refractivity contribution in [2.45, 2.75) is 25.7 Å². The smallest absolute Gasteiger partial charge is 0.222 e. The van der Waals surface area contributed by atoms with E-state index in [2.05, 4.69) is 9.97 Å². The molecule has 0 N–H and O–H groups in total. The molecule has 1 spiro atoms. The Bertz CT molecular complexity index is 742. The molecule has 2 saturated heterocycles. The number of piperidine rings is 1. The molecule has 2 aromatic rings. The van der Waals surface area contributed by atoms with Gasteiger partial charge in [0.15, 0.2) is 0 Å². The highest BCUT2D eigenvalue weighted by molar-refractivity contribution is 5.77. The second-order valence-electron chi connectivity index (χ2n) is 7.09. The fourth-order valence-electron chi connectivity index (χ4n) is 3.80. The van der Waals surface area contributed by atoms with E-state index in [1.165, 1.54) is 0 Å². The van der Waals surface area contributed by atoms with Crippen molar-refractivity contribution in [3.05, 3.63) is 48.4 Å². The number of rotatable bonds is 4. The van der Waals surface area contributed by atoms with Crippen LogP contribution in [0.1, 0.15) is 25.1 Å². The maximum absolute atomic E-state index is 12.3. The minimum absolute atomic E-state index is 0.181. The summed E-state index contributed by atoms with van der Waals surface area (Å²) in [7, 11) is 0. The summed E-state index contributed by atoms with van der Waals surface area (Å²) >= 11 is 0. The topological polar surface area (TPSA) is 55.3 Å². The predicted octanol–water partition coefficient (Wildman–Crippen LogP) is 2.72. The lowest BCUT2D eigenvalue weighted by Crippen LogP contribution is -2.47. The van der Waals surface area contributed by atoms with E-state index in [-0.39, 0.29) is 11.3 Å². The Kier molecular flexibility index (Phi) is 4.49. The van der Waals surface area contributed by atoms with Crippen molar-refractivity contribution < 1.29 is 9.53 Å². The van der Waals surface area contributed by atoms with Crippen molar-refractivity contribution in [2.24, 2.45) is 5.41 Å². The molecular weight excluding hydrogens is 314 g/mol. The van der Waals surface area contributed by atoms with Crippen LogP contribution in [0.4, 0.5) is 0 Å². The van der Waals surface area contributed by atoms with Crippen molar-refractivity contribution >= 4 is 5.91 Å². The Morgan fingerprint density at radius 2 is 2.04 bits per heavy atom. The summed E-state index contributed by atoms with van der Waals surface area (Å²) in [4.78, 5) is 23.3. The molecule has 0 unspecified atom stereocenters. The monoisotopic (exact) mass is 337 g/mol. The first kappa shape index (κ1) is 16.2. The number of amides is 1. The summed E-state index contributed by atoms with van der Waals surface area (Å²) in [6.07, 6.45) is 5.14. The van der Waals surface area contributed by atoms with Crippen LogP contribution in [-0.2, 0) is 16.0 Å². The Balaban J connectivity index is 1.43. The van der Waals surface area contributed by atoms with E-state index in [1.54, 1.807) is 6.20 Å². The molecule has 25 heavy (non-hydrogen) atoms. The zero-order chi connectivity index (χ0) is 17.1. The Morgan fingerprint density at radius 3 is 2.84 bits per heavy atom. The molecule has 130 valence electrons. The molecule has 1 amide bonds. The van der Waals surface area contributed by atoms with Crippen molar-refractivity contribution in [3.63, 3.8) is 0 Å². The highest BCUT2D eigenvalue weighted by Crippen LogP contribution is 2.38. The van der Waals surface area contributed by atoms with Crippen molar-refractivity contribution in [1.82, 2.24) is 14.9 Å². The molecule has 4 rings (SSSR count). The third-order valence-electron chi connectivity index (χ3n) is 5.31. The fraction of sp³-hybridized carbons (Fsp3) is 0.450. The Labute approximate surface area is 148 Å². The number of hydrogen-bond acceptors (Lipinski definition) is 4. The highest BCUT2D eigenvalue weighted by Gasteiger charge is 2.41. The van der Waals surface area contributed by atoms with E-state index < -0.39 is 0 Å². The number of nitrogens with zero attached hydrogens (tertiary/aromatic N) is 3. The zero-order valence-electron chi connectivity index (χ0n) is 14.4.